The number of benzene rings is 4. The zero-order valence-corrected chi connectivity index (χ0v) is 22.8. The van der Waals surface area contributed by atoms with Crippen LogP contribution < -0.4 is 0 Å². The number of phenolic OH excluding ortho intramolecular Hbond substituents is 1. The zero-order chi connectivity index (χ0) is 25.2. The Morgan fingerprint density at radius 3 is 2.15 bits per heavy atom. The molecule has 1 N–H and O–H groups in total. The SMILES string of the molecule is Oc1ccccc1-c1[c-]c(-c2ccc3c4cccc5c6cccnc6n(c3n2)c54)cc(-c2ccccc2)c1.[Pt]. The van der Waals surface area contributed by atoms with E-state index in [0.717, 1.165) is 61.1 Å². The quantitative estimate of drug-likeness (QED) is 0.192. The number of nitrogens with zero attached hydrogens (tertiary/aromatic N) is 3. The molecule has 0 unspecified atom stereocenters. The van der Waals surface area contributed by atoms with Gasteiger partial charge >= 0.3 is 0 Å². The molecule has 8 rings (SSSR count). The van der Waals surface area contributed by atoms with Crippen molar-refractivity contribution in [3.63, 3.8) is 0 Å². The zero-order valence-electron chi connectivity index (χ0n) is 20.6. The number of aromatic nitrogens is 3. The molecule has 4 nitrogen and oxygen atoms in total. The van der Waals surface area contributed by atoms with E-state index in [1.807, 2.05) is 48.7 Å². The third-order valence-electron chi connectivity index (χ3n) is 7.37. The van der Waals surface area contributed by atoms with Crippen molar-refractivity contribution in [2.45, 2.75) is 0 Å². The van der Waals surface area contributed by atoms with Crippen LogP contribution in [-0.2, 0) is 21.1 Å². The molecule has 0 aliphatic heterocycles. The first-order valence-electron chi connectivity index (χ1n) is 12.6. The summed E-state index contributed by atoms with van der Waals surface area (Å²) in [6, 6.07) is 40.1. The molecular formula is C34H20N3OPt-. The van der Waals surface area contributed by atoms with Crippen LogP contribution in [0.4, 0.5) is 0 Å². The van der Waals surface area contributed by atoms with Crippen LogP contribution in [0.1, 0.15) is 0 Å². The first-order valence-corrected chi connectivity index (χ1v) is 12.6. The summed E-state index contributed by atoms with van der Waals surface area (Å²) in [7, 11) is 0. The van der Waals surface area contributed by atoms with E-state index in [0.29, 0.717) is 0 Å². The van der Waals surface area contributed by atoms with Gasteiger partial charge in [0.15, 0.2) is 0 Å². The molecule has 0 bridgehead atoms. The van der Waals surface area contributed by atoms with Crippen LogP contribution in [0.2, 0.25) is 0 Å². The van der Waals surface area contributed by atoms with Crippen LogP contribution in [0.15, 0.2) is 115 Å². The molecule has 8 aromatic rings. The Morgan fingerprint density at radius 2 is 1.33 bits per heavy atom. The molecule has 4 aromatic heterocycles. The molecule has 4 aromatic carbocycles. The topological polar surface area (TPSA) is 50.4 Å². The van der Waals surface area contributed by atoms with Gasteiger partial charge in [-0.25, -0.2) is 4.98 Å². The molecule has 0 saturated carbocycles. The van der Waals surface area contributed by atoms with Crippen molar-refractivity contribution in [2.75, 3.05) is 0 Å². The average Bonchev–Trinajstić information content (AvgIpc) is 3.50. The van der Waals surface area contributed by atoms with Gasteiger partial charge < -0.3 is 5.11 Å². The number of hydrogen-bond donors (Lipinski definition) is 1. The molecule has 0 spiro atoms. The molecule has 0 fully saturated rings. The number of hydrogen-bond acceptors (Lipinski definition) is 3. The molecule has 0 aliphatic carbocycles. The Kier molecular flexibility index (Phi) is 5.47. The number of fused-ring (bicyclic) bond motifs is 6. The largest absolute Gasteiger partial charge is 0.515 e. The Bertz CT molecular complexity index is 2150. The van der Waals surface area contributed by atoms with Gasteiger partial charge in [0.25, 0.3) is 0 Å². The van der Waals surface area contributed by atoms with Crippen LogP contribution in [0.25, 0.3) is 71.9 Å². The minimum atomic E-state index is 0. The van der Waals surface area contributed by atoms with Crippen LogP contribution in [0.3, 0.4) is 0 Å². The number of pyridine rings is 2. The van der Waals surface area contributed by atoms with Crippen LogP contribution >= 0.6 is 0 Å². The number of rotatable bonds is 3. The monoisotopic (exact) mass is 681 g/mol. The van der Waals surface area contributed by atoms with Crippen molar-refractivity contribution < 1.29 is 26.2 Å². The second-order valence-electron chi connectivity index (χ2n) is 9.56. The fourth-order valence-corrected chi connectivity index (χ4v) is 5.65. The predicted octanol–water partition coefficient (Wildman–Crippen LogP) is 8.13. The standard InChI is InChI=1S/C34H20N3O.Pt/c38-31-14-5-4-10-25(31)23-18-22(21-8-2-1-3-9-21)19-24(20-23)30-16-15-29-27-12-6-11-26-28-13-7-17-35-33(28)37(32(26)27)34(29)36-30;/h1-19,38H;/q-1;. The molecule has 39 heavy (non-hydrogen) atoms. The van der Waals surface area contributed by atoms with Gasteiger partial charge in [-0.15, -0.1) is 23.8 Å². The fourth-order valence-electron chi connectivity index (χ4n) is 5.65. The Hall–Kier alpha value is -4.53. The van der Waals surface area contributed by atoms with E-state index in [2.05, 4.69) is 71.1 Å². The predicted molar refractivity (Wildman–Crippen MR) is 153 cm³/mol. The second-order valence-corrected chi connectivity index (χ2v) is 9.56. The summed E-state index contributed by atoms with van der Waals surface area (Å²) < 4.78 is 2.18. The number of phenols is 1. The molecule has 0 atom stereocenters. The molecular weight excluding hydrogens is 661 g/mol. The van der Waals surface area contributed by atoms with Gasteiger partial charge in [-0.1, -0.05) is 90.0 Å². The summed E-state index contributed by atoms with van der Waals surface area (Å²) >= 11 is 0. The summed E-state index contributed by atoms with van der Waals surface area (Å²) in [4.78, 5) is 9.94. The fraction of sp³-hybridized carbons (Fsp3) is 0. The van der Waals surface area contributed by atoms with Gasteiger partial charge in [0.2, 0.25) is 0 Å². The van der Waals surface area contributed by atoms with Gasteiger partial charge in [-0.05, 0) is 29.3 Å². The van der Waals surface area contributed by atoms with E-state index >= 15 is 0 Å². The van der Waals surface area contributed by atoms with E-state index in [9.17, 15) is 5.11 Å². The normalized spacial score (nSPS) is 11.5. The molecule has 0 amide bonds. The van der Waals surface area contributed by atoms with Crippen LogP contribution in [0.5, 0.6) is 5.75 Å². The third-order valence-corrected chi connectivity index (χ3v) is 7.37. The maximum absolute atomic E-state index is 10.6. The van der Waals surface area contributed by atoms with Crippen LogP contribution in [-0.4, -0.2) is 19.5 Å². The number of aromatic hydroxyl groups is 1. The minimum absolute atomic E-state index is 0. The van der Waals surface area contributed by atoms with E-state index in [4.69, 9.17) is 9.97 Å². The molecule has 188 valence electrons. The van der Waals surface area contributed by atoms with Gasteiger partial charge in [-0.3, -0.25) is 9.38 Å². The first kappa shape index (κ1) is 23.6. The van der Waals surface area contributed by atoms with Crippen molar-refractivity contribution >= 4 is 38.4 Å². The molecule has 0 aliphatic rings. The molecule has 0 saturated heterocycles. The minimum Gasteiger partial charge on any atom is -0.515 e. The summed E-state index contributed by atoms with van der Waals surface area (Å²) in [5.74, 6) is 0.226. The number of para-hydroxylation sites is 2. The van der Waals surface area contributed by atoms with Crippen molar-refractivity contribution in [3.05, 3.63) is 121 Å². The van der Waals surface area contributed by atoms with Gasteiger partial charge in [0.05, 0.1) is 11.3 Å². The summed E-state index contributed by atoms with van der Waals surface area (Å²) in [6.45, 7) is 0. The smallest absolute Gasteiger partial charge is 0.146 e. The van der Waals surface area contributed by atoms with Crippen molar-refractivity contribution in [1.29, 1.82) is 0 Å². The van der Waals surface area contributed by atoms with Crippen molar-refractivity contribution in [3.8, 4) is 39.3 Å². The first-order chi connectivity index (χ1) is 18.8. The Balaban J connectivity index is 0.00000253. The van der Waals surface area contributed by atoms with Crippen molar-refractivity contribution in [1.82, 2.24) is 14.4 Å². The summed E-state index contributed by atoms with van der Waals surface area (Å²) in [6.07, 6.45) is 1.84. The molecule has 0 radical (unpaired) electrons. The van der Waals surface area contributed by atoms with E-state index in [1.54, 1.807) is 6.07 Å². The Morgan fingerprint density at radius 1 is 0.615 bits per heavy atom. The van der Waals surface area contributed by atoms with Crippen LogP contribution in [0, 0.1) is 6.07 Å². The van der Waals surface area contributed by atoms with E-state index in [-0.39, 0.29) is 26.8 Å². The maximum atomic E-state index is 10.6. The van der Waals surface area contributed by atoms with E-state index in [1.165, 1.54) is 10.8 Å². The van der Waals surface area contributed by atoms with Gasteiger partial charge in [0.1, 0.15) is 11.3 Å². The second kappa shape index (κ2) is 9.04. The summed E-state index contributed by atoms with van der Waals surface area (Å²) in [5.41, 5.74) is 8.32. The van der Waals surface area contributed by atoms with E-state index < -0.39 is 0 Å². The summed E-state index contributed by atoms with van der Waals surface area (Å²) in [5, 5.41) is 15.2. The molecule has 4 heterocycles. The van der Waals surface area contributed by atoms with Gasteiger partial charge in [-0.2, -0.15) is 0 Å². The molecule has 5 heteroatoms. The Labute approximate surface area is 238 Å². The van der Waals surface area contributed by atoms with Crippen molar-refractivity contribution in [2.24, 2.45) is 0 Å². The van der Waals surface area contributed by atoms with Gasteiger partial charge in [0, 0.05) is 54.5 Å². The average molecular weight is 682 g/mol. The third kappa shape index (κ3) is 3.56. The maximum Gasteiger partial charge on any atom is 0.146 e.